The van der Waals surface area contributed by atoms with E-state index in [1.807, 2.05) is 12.1 Å². The molecule has 0 aliphatic carbocycles. The van der Waals surface area contributed by atoms with Gasteiger partial charge in [0.25, 0.3) is 0 Å². The molecule has 1 heterocycles. The number of thioether (sulfide) groups is 1. The smallest absolute Gasteiger partial charge is 0.242 e. The van der Waals surface area contributed by atoms with Gasteiger partial charge in [0.15, 0.2) is 5.17 Å². The molecule has 0 saturated carbocycles. The van der Waals surface area contributed by atoms with Crippen molar-refractivity contribution < 1.29 is 9.59 Å². The number of carbonyl (C=O) groups excluding carboxylic acids is 2. The van der Waals surface area contributed by atoms with Crippen molar-refractivity contribution in [2.75, 3.05) is 14.1 Å². The van der Waals surface area contributed by atoms with Gasteiger partial charge < -0.3 is 5.32 Å². The Bertz CT molecular complexity index is 630. The maximum absolute atomic E-state index is 12.0. The van der Waals surface area contributed by atoms with Gasteiger partial charge >= 0.3 is 0 Å². The first-order valence-corrected chi connectivity index (χ1v) is 7.78. The van der Waals surface area contributed by atoms with E-state index in [1.54, 1.807) is 32.4 Å². The zero-order chi connectivity index (χ0) is 16.1. The van der Waals surface area contributed by atoms with Crippen LogP contribution in [0.2, 0.25) is 5.02 Å². The second-order valence-corrected chi connectivity index (χ2v) is 6.17. The lowest BCUT2D eigenvalue weighted by Crippen LogP contribution is -2.31. The van der Waals surface area contributed by atoms with Crippen LogP contribution in [0.1, 0.15) is 12.0 Å². The Morgan fingerprint density at radius 3 is 2.77 bits per heavy atom. The van der Waals surface area contributed by atoms with Gasteiger partial charge in [-0.3, -0.25) is 14.5 Å². The third kappa shape index (κ3) is 4.08. The standard InChI is InChI=1S/C14H15ClN4O2S/c1-16-12(20)7-11-13(21)19(2)14(22-11)18-17-8-9-3-5-10(15)6-4-9/h3-6,8,11H,7H2,1-2H3,(H,16,20)/b17-8+,18-14-. The Balaban J connectivity index is 2.03. The molecule has 1 aliphatic rings. The fourth-order valence-electron chi connectivity index (χ4n) is 1.75. The Morgan fingerprint density at radius 2 is 2.14 bits per heavy atom. The lowest BCUT2D eigenvalue weighted by molar-refractivity contribution is -0.128. The molecule has 1 saturated heterocycles. The van der Waals surface area contributed by atoms with E-state index in [0.717, 1.165) is 5.56 Å². The molecule has 8 heteroatoms. The average Bonchev–Trinajstić information content (AvgIpc) is 2.77. The van der Waals surface area contributed by atoms with Gasteiger partial charge in [-0.15, -0.1) is 5.10 Å². The van der Waals surface area contributed by atoms with E-state index >= 15 is 0 Å². The van der Waals surface area contributed by atoms with E-state index in [2.05, 4.69) is 15.5 Å². The van der Waals surface area contributed by atoms with Crippen LogP contribution in [0.25, 0.3) is 0 Å². The van der Waals surface area contributed by atoms with Crippen LogP contribution >= 0.6 is 23.4 Å². The summed E-state index contributed by atoms with van der Waals surface area (Å²) >= 11 is 7.04. The quantitative estimate of drug-likeness (QED) is 0.671. The molecular weight excluding hydrogens is 324 g/mol. The minimum atomic E-state index is -0.450. The van der Waals surface area contributed by atoms with E-state index in [9.17, 15) is 9.59 Å². The van der Waals surface area contributed by atoms with Crippen molar-refractivity contribution >= 4 is 46.6 Å². The number of nitrogens with one attached hydrogen (secondary N) is 1. The van der Waals surface area contributed by atoms with Crippen LogP contribution in [0, 0.1) is 0 Å². The highest BCUT2D eigenvalue weighted by Crippen LogP contribution is 2.28. The van der Waals surface area contributed by atoms with Crippen LogP contribution in [-0.4, -0.2) is 47.4 Å². The summed E-state index contributed by atoms with van der Waals surface area (Å²) in [6.07, 6.45) is 1.71. The third-order valence-electron chi connectivity index (χ3n) is 3.01. The summed E-state index contributed by atoms with van der Waals surface area (Å²) in [7, 11) is 3.16. The minimum Gasteiger partial charge on any atom is -0.359 e. The molecule has 116 valence electrons. The number of benzene rings is 1. The molecule has 0 aromatic heterocycles. The van der Waals surface area contributed by atoms with Crippen molar-refractivity contribution in [3.63, 3.8) is 0 Å². The molecule has 1 aromatic carbocycles. The zero-order valence-electron chi connectivity index (χ0n) is 12.1. The van der Waals surface area contributed by atoms with Gasteiger partial charge in [0, 0.05) is 25.5 Å². The second-order valence-electron chi connectivity index (χ2n) is 4.56. The van der Waals surface area contributed by atoms with E-state index in [1.165, 1.54) is 16.7 Å². The van der Waals surface area contributed by atoms with Crippen molar-refractivity contribution in [3.8, 4) is 0 Å². The summed E-state index contributed by atoms with van der Waals surface area (Å²) in [5.74, 6) is -0.320. The van der Waals surface area contributed by atoms with E-state index in [0.29, 0.717) is 10.2 Å². The van der Waals surface area contributed by atoms with E-state index in [-0.39, 0.29) is 18.2 Å². The first-order valence-electron chi connectivity index (χ1n) is 6.52. The number of carbonyl (C=O) groups is 2. The zero-order valence-corrected chi connectivity index (χ0v) is 13.7. The normalized spacial score (nSPS) is 20.1. The SMILES string of the molecule is CNC(=O)CC1S/C(=N\N=C\c2ccc(Cl)cc2)N(C)C1=O. The number of halogens is 1. The first-order chi connectivity index (χ1) is 10.5. The van der Waals surface area contributed by atoms with Gasteiger partial charge in [0.05, 0.1) is 6.21 Å². The molecule has 1 N–H and O–H groups in total. The predicted molar refractivity (Wildman–Crippen MR) is 89.3 cm³/mol. The van der Waals surface area contributed by atoms with Gasteiger partial charge in [0.2, 0.25) is 11.8 Å². The summed E-state index contributed by atoms with van der Waals surface area (Å²) in [4.78, 5) is 24.8. The van der Waals surface area contributed by atoms with Gasteiger partial charge in [-0.1, -0.05) is 35.5 Å². The monoisotopic (exact) mass is 338 g/mol. The van der Waals surface area contributed by atoms with Crippen molar-refractivity contribution in [3.05, 3.63) is 34.9 Å². The molecule has 1 unspecified atom stereocenters. The molecule has 0 bridgehead atoms. The van der Waals surface area contributed by atoms with Crippen LogP contribution in [0.15, 0.2) is 34.5 Å². The van der Waals surface area contributed by atoms with Crippen LogP contribution in [0.4, 0.5) is 0 Å². The fraction of sp³-hybridized carbons (Fsp3) is 0.286. The Labute approximate surface area is 137 Å². The van der Waals surface area contributed by atoms with Crippen molar-refractivity contribution in [2.24, 2.45) is 10.2 Å². The van der Waals surface area contributed by atoms with Crippen molar-refractivity contribution in [1.29, 1.82) is 0 Å². The molecular formula is C14H15ClN4O2S. The lowest BCUT2D eigenvalue weighted by atomic mass is 10.2. The molecule has 6 nitrogen and oxygen atoms in total. The summed E-state index contributed by atoms with van der Waals surface area (Å²) in [5.41, 5.74) is 0.854. The predicted octanol–water partition coefficient (Wildman–Crippen LogP) is 1.74. The molecule has 22 heavy (non-hydrogen) atoms. The number of nitrogens with zero attached hydrogens (tertiary/aromatic N) is 3. The molecule has 0 spiro atoms. The van der Waals surface area contributed by atoms with Gasteiger partial charge in [0.1, 0.15) is 5.25 Å². The highest BCUT2D eigenvalue weighted by molar-refractivity contribution is 8.15. The largest absolute Gasteiger partial charge is 0.359 e. The minimum absolute atomic E-state index is 0.129. The van der Waals surface area contributed by atoms with Gasteiger partial charge in [-0.05, 0) is 17.7 Å². The summed E-state index contributed by atoms with van der Waals surface area (Å²) in [5, 5.41) is 11.2. The average molecular weight is 339 g/mol. The number of amidine groups is 1. The number of rotatable bonds is 4. The second kappa shape index (κ2) is 7.42. The Kier molecular flexibility index (Phi) is 5.57. The van der Waals surface area contributed by atoms with Crippen molar-refractivity contribution in [2.45, 2.75) is 11.7 Å². The molecule has 1 aromatic rings. The molecule has 1 aliphatic heterocycles. The fourth-order valence-corrected chi connectivity index (χ4v) is 2.97. The van der Waals surface area contributed by atoms with Gasteiger partial charge in [-0.25, -0.2) is 0 Å². The molecule has 1 atom stereocenters. The number of hydrogen-bond acceptors (Lipinski definition) is 5. The van der Waals surface area contributed by atoms with Crippen LogP contribution < -0.4 is 5.32 Å². The first kappa shape index (κ1) is 16.5. The molecule has 1 fully saturated rings. The number of hydrogen-bond donors (Lipinski definition) is 1. The Morgan fingerprint density at radius 1 is 1.45 bits per heavy atom. The van der Waals surface area contributed by atoms with Crippen molar-refractivity contribution in [1.82, 2.24) is 10.2 Å². The highest BCUT2D eigenvalue weighted by Gasteiger charge is 2.36. The summed E-state index contributed by atoms with van der Waals surface area (Å²) in [6.45, 7) is 0. The molecule has 2 rings (SSSR count). The lowest BCUT2D eigenvalue weighted by Gasteiger charge is -2.07. The van der Waals surface area contributed by atoms with Crippen LogP contribution in [0.5, 0.6) is 0 Å². The maximum atomic E-state index is 12.0. The molecule has 2 amide bonds. The van der Waals surface area contributed by atoms with Crippen LogP contribution in [0.3, 0.4) is 0 Å². The number of amides is 2. The third-order valence-corrected chi connectivity index (χ3v) is 4.48. The topological polar surface area (TPSA) is 74.1 Å². The Hall–Kier alpha value is -1.86. The maximum Gasteiger partial charge on any atom is 0.242 e. The van der Waals surface area contributed by atoms with Crippen LogP contribution in [-0.2, 0) is 9.59 Å². The van der Waals surface area contributed by atoms with Gasteiger partial charge in [-0.2, -0.15) is 5.10 Å². The summed E-state index contributed by atoms with van der Waals surface area (Å²) < 4.78 is 0. The highest BCUT2D eigenvalue weighted by atomic mass is 35.5. The summed E-state index contributed by atoms with van der Waals surface area (Å²) in [6, 6.07) is 7.15. The van der Waals surface area contributed by atoms with E-state index in [4.69, 9.17) is 11.6 Å². The van der Waals surface area contributed by atoms with E-state index < -0.39 is 5.25 Å². The molecule has 0 radical (unpaired) electrons.